The molecule has 2 aromatic heterocycles. The summed E-state index contributed by atoms with van der Waals surface area (Å²) in [5.74, 6) is 1.67. The zero-order valence-corrected chi connectivity index (χ0v) is 23.1. The van der Waals surface area contributed by atoms with Crippen LogP contribution in [0.4, 0.5) is 0 Å². The van der Waals surface area contributed by atoms with Crippen LogP contribution in [0, 0.1) is 0 Å². The minimum absolute atomic E-state index is 0.0428. The highest BCUT2D eigenvalue weighted by molar-refractivity contribution is 5.99. The average Bonchev–Trinajstić information content (AvgIpc) is 2.94. The number of hydrogen-bond donors (Lipinski definition) is 0. The first-order chi connectivity index (χ1) is 19.4. The fourth-order valence-corrected chi connectivity index (χ4v) is 4.08. The number of benzene rings is 2. The lowest BCUT2D eigenvalue weighted by Gasteiger charge is -2.12. The Hall–Kier alpha value is -4.27. The first-order valence-electron chi connectivity index (χ1n) is 13.7. The van der Waals surface area contributed by atoms with Gasteiger partial charge in [-0.3, -0.25) is 4.79 Å². The van der Waals surface area contributed by atoms with Crippen molar-refractivity contribution in [3.63, 3.8) is 0 Å². The summed E-state index contributed by atoms with van der Waals surface area (Å²) in [6.07, 6.45) is 2.85. The van der Waals surface area contributed by atoms with Gasteiger partial charge in [0, 0.05) is 36.8 Å². The van der Waals surface area contributed by atoms with Crippen LogP contribution in [-0.2, 0) is 0 Å². The zero-order valence-electron chi connectivity index (χ0n) is 23.1. The Morgan fingerprint density at radius 1 is 0.675 bits per heavy atom. The summed E-state index contributed by atoms with van der Waals surface area (Å²) in [6, 6.07) is 11.3. The number of rotatable bonds is 15. The van der Waals surface area contributed by atoms with Crippen molar-refractivity contribution in [3.05, 3.63) is 68.9 Å². The number of ether oxygens (including phenoxy) is 4. The zero-order chi connectivity index (χ0) is 28.5. The van der Waals surface area contributed by atoms with Crippen molar-refractivity contribution in [2.45, 2.75) is 52.9 Å². The van der Waals surface area contributed by atoms with Crippen molar-refractivity contribution in [2.24, 2.45) is 0 Å². The van der Waals surface area contributed by atoms with Gasteiger partial charge in [0.15, 0.2) is 5.78 Å². The largest absolute Gasteiger partial charge is 0.493 e. The summed E-state index contributed by atoms with van der Waals surface area (Å²) in [5.41, 5.74) is -0.577. The van der Waals surface area contributed by atoms with E-state index in [2.05, 4.69) is 0 Å². The van der Waals surface area contributed by atoms with Crippen LogP contribution in [-0.4, -0.2) is 32.2 Å². The predicted octanol–water partition coefficient (Wildman–Crippen LogP) is 6.31. The van der Waals surface area contributed by atoms with Crippen LogP contribution in [0.3, 0.4) is 0 Å². The van der Waals surface area contributed by atoms with Crippen LogP contribution in [0.5, 0.6) is 23.0 Å². The maximum Gasteiger partial charge on any atom is 0.347 e. The molecule has 0 spiro atoms. The molecule has 0 aliphatic heterocycles. The summed E-state index contributed by atoms with van der Waals surface area (Å²) < 4.78 is 34.0. The van der Waals surface area contributed by atoms with Gasteiger partial charge in [-0.05, 0) is 37.8 Å². The number of ketones is 1. The van der Waals surface area contributed by atoms with Gasteiger partial charge in [0.25, 0.3) is 0 Å². The maximum atomic E-state index is 13.0. The van der Waals surface area contributed by atoms with E-state index in [1.165, 1.54) is 12.1 Å². The van der Waals surface area contributed by atoms with Gasteiger partial charge < -0.3 is 27.8 Å². The highest BCUT2D eigenvalue weighted by Gasteiger charge is 2.18. The van der Waals surface area contributed by atoms with E-state index in [9.17, 15) is 14.4 Å². The summed E-state index contributed by atoms with van der Waals surface area (Å²) in [6.45, 7) is 7.66. The molecule has 0 N–H and O–H groups in total. The van der Waals surface area contributed by atoms with Crippen molar-refractivity contribution < 1.29 is 32.6 Å². The van der Waals surface area contributed by atoms with Gasteiger partial charge in [0.2, 0.25) is 0 Å². The lowest BCUT2D eigenvalue weighted by atomic mass is 10.1. The molecule has 0 amide bonds. The van der Waals surface area contributed by atoms with Crippen LogP contribution in [0.2, 0.25) is 0 Å². The van der Waals surface area contributed by atoms with E-state index in [0.717, 1.165) is 19.3 Å². The Labute approximate surface area is 231 Å². The molecule has 0 radical (unpaired) electrons. The van der Waals surface area contributed by atoms with Crippen LogP contribution in [0.1, 0.15) is 63.2 Å². The van der Waals surface area contributed by atoms with E-state index in [4.69, 9.17) is 27.8 Å². The van der Waals surface area contributed by atoms with E-state index in [-0.39, 0.29) is 24.4 Å². The van der Waals surface area contributed by atoms with Gasteiger partial charge in [-0.2, -0.15) is 0 Å². The minimum Gasteiger partial charge on any atom is -0.493 e. The number of Topliss-reactive ketones (excluding diaryl/α,β-unsaturated/α-hetero) is 1. The molecule has 9 nitrogen and oxygen atoms in total. The second-order valence-corrected chi connectivity index (χ2v) is 9.29. The lowest BCUT2D eigenvalue weighted by molar-refractivity contribution is 0.0970. The Morgan fingerprint density at radius 2 is 1.25 bits per heavy atom. The molecular formula is C31H34O9. The van der Waals surface area contributed by atoms with Crippen molar-refractivity contribution in [2.75, 3.05) is 26.4 Å². The molecular weight excluding hydrogens is 516 g/mol. The second kappa shape index (κ2) is 13.7. The van der Waals surface area contributed by atoms with E-state index in [0.29, 0.717) is 71.2 Å². The molecule has 0 bridgehead atoms. The predicted molar refractivity (Wildman–Crippen MR) is 151 cm³/mol. The highest BCUT2D eigenvalue weighted by Crippen LogP contribution is 2.33. The molecule has 0 aliphatic rings. The quantitative estimate of drug-likeness (QED) is 0.0954. The smallest absolute Gasteiger partial charge is 0.347 e. The molecule has 40 heavy (non-hydrogen) atoms. The molecule has 0 fully saturated rings. The van der Waals surface area contributed by atoms with E-state index < -0.39 is 11.3 Å². The molecule has 2 heterocycles. The van der Waals surface area contributed by atoms with E-state index in [1.54, 1.807) is 30.3 Å². The highest BCUT2D eigenvalue weighted by atomic mass is 16.5. The van der Waals surface area contributed by atoms with E-state index >= 15 is 0 Å². The Balaban J connectivity index is 1.47. The molecule has 4 rings (SSSR count). The van der Waals surface area contributed by atoms with E-state index in [1.807, 2.05) is 20.8 Å². The number of carbonyl (C=O) groups excluding carboxylic acids is 1. The van der Waals surface area contributed by atoms with Gasteiger partial charge in [-0.25, -0.2) is 9.59 Å². The maximum absolute atomic E-state index is 13.0. The normalized spacial score (nSPS) is 11.1. The first-order valence-corrected chi connectivity index (χ1v) is 13.7. The standard InChI is InChI=1S/C31H34O9/c1-4-11-35-20-16-27(38-13-6-3)24-19-23(31(34)40-29(24)18-20)25(32)8-7-14-36-21-15-26(37-12-5-2)22-9-10-30(33)39-28(22)17-21/h9-10,15-19H,4-8,11-14H2,1-3H3. The third-order valence-corrected chi connectivity index (χ3v) is 5.98. The Kier molecular flexibility index (Phi) is 9.83. The summed E-state index contributed by atoms with van der Waals surface area (Å²) in [4.78, 5) is 37.4. The molecule has 2 aromatic carbocycles. The molecule has 9 heteroatoms. The monoisotopic (exact) mass is 550 g/mol. The summed E-state index contributed by atoms with van der Waals surface area (Å²) >= 11 is 0. The summed E-state index contributed by atoms with van der Waals surface area (Å²) in [7, 11) is 0. The fourth-order valence-electron chi connectivity index (χ4n) is 4.08. The van der Waals surface area contributed by atoms with Crippen LogP contribution < -0.4 is 30.2 Å². The third kappa shape index (κ3) is 7.02. The third-order valence-electron chi connectivity index (χ3n) is 5.98. The topological polar surface area (TPSA) is 114 Å². The molecule has 0 unspecified atom stereocenters. The van der Waals surface area contributed by atoms with Gasteiger partial charge in [0.05, 0.1) is 37.2 Å². The van der Waals surface area contributed by atoms with Crippen molar-refractivity contribution in [1.82, 2.24) is 0 Å². The molecule has 0 atom stereocenters. The summed E-state index contributed by atoms with van der Waals surface area (Å²) in [5, 5.41) is 1.21. The SMILES string of the molecule is CCCOc1cc(OCCC)c2cc(C(=O)CCCOc3cc(OCCC)c4ccc(=O)oc4c3)c(=O)oc2c1. The Bertz CT molecular complexity index is 1580. The molecule has 0 aliphatic carbocycles. The van der Waals surface area contributed by atoms with Crippen LogP contribution >= 0.6 is 0 Å². The molecule has 4 aromatic rings. The number of fused-ring (bicyclic) bond motifs is 2. The van der Waals surface area contributed by atoms with Gasteiger partial charge in [0.1, 0.15) is 39.7 Å². The fraction of sp³-hybridized carbons (Fsp3) is 0.387. The van der Waals surface area contributed by atoms with Gasteiger partial charge in [-0.1, -0.05) is 20.8 Å². The van der Waals surface area contributed by atoms with Crippen molar-refractivity contribution in [3.8, 4) is 23.0 Å². The van der Waals surface area contributed by atoms with Gasteiger partial charge in [-0.15, -0.1) is 0 Å². The average molecular weight is 551 g/mol. The lowest BCUT2D eigenvalue weighted by Crippen LogP contribution is -2.15. The molecule has 212 valence electrons. The number of carbonyl (C=O) groups is 1. The van der Waals surface area contributed by atoms with Crippen LogP contribution in [0.25, 0.3) is 21.9 Å². The Morgan fingerprint density at radius 3 is 1.90 bits per heavy atom. The molecule has 0 saturated carbocycles. The molecule has 0 saturated heterocycles. The first kappa shape index (κ1) is 28.7. The van der Waals surface area contributed by atoms with Crippen molar-refractivity contribution >= 4 is 27.7 Å². The number of hydrogen-bond acceptors (Lipinski definition) is 9. The minimum atomic E-state index is -0.713. The second-order valence-electron chi connectivity index (χ2n) is 9.29. The van der Waals surface area contributed by atoms with Crippen LogP contribution in [0.15, 0.2) is 60.9 Å². The van der Waals surface area contributed by atoms with Crippen molar-refractivity contribution in [1.29, 1.82) is 0 Å². The van der Waals surface area contributed by atoms with Gasteiger partial charge >= 0.3 is 11.3 Å².